The molecule has 0 aromatic heterocycles. The molecule has 4 aromatic rings. The normalized spacial score (nSPS) is 11.9. The summed E-state index contributed by atoms with van der Waals surface area (Å²) in [5.74, 6) is -0.798. The van der Waals surface area contributed by atoms with Gasteiger partial charge >= 0.3 is 0 Å². The number of amides is 2. The summed E-state index contributed by atoms with van der Waals surface area (Å²) < 4.78 is 29.4. The highest BCUT2D eigenvalue weighted by Gasteiger charge is 2.34. The number of sulfonamides is 1. The second kappa shape index (κ2) is 15.7. The van der Waals surface area contributed by atoms with Crippen molar-refractivity contribution in [2.75, 3.05) is 17.4 Å². The Hall–Kier alpha value is -4.14. The van der Waals surface area contributed by atoms with Gasteiger partial charge in [0.05, 0.1) is 10.6 Å². The van der Waals surface area contributed by atoms with Crippen LogP contribution in [0.1, 0.15) is 42.0 Å². The molecule has 0 radical (unpaired) electrons. The van der Waals surface area contributed by atoms with Crippen molar-refractivity contribution in [3.05, 3.63) is 130 Å². The quantitative estimate of drug-likeness (QED) is 0.155. The second-order valence-electron chi connectivity index (χ2n) is 11.2. The number of hydrogen-bond acceptors (Lipinski definition) is 4. The predicted octanol–water partition coefficient (Wildman–Crippen LogP) is 6.71. The van der Waals surface area contributed by atoms with E-state index in [0.29, 0.717) is 17.3 Å². The first kappa shape index (κ1) is 33.7. The van der Waals surface area contributed by atoms with Gasteiger partial charge < -0.3 is 10.2 Å². The Morgan fingerprint density at radius 3 is 2.02 bits per heavy atom. The standard InChI is InChI=1S/C36H40ClN3O4S/c1-4-5-20-38-36(42)34(24-29-12-8-6-9-13-29)39(25-30-16-18-31(37)19-17-30)35(41)26-40(32-22-27(2)21-28(3)23-32)45(43,44)33-14-10-7-11-15-33/h6-19,21-23,34H,4-5,20,24-26H2,1-3H3,(H,38,42)/t34-/m1/s1. The summed E-state index contributed by atoms with van der Waals surface area (Å²) in [7, 11) is -4.15. The number of nitrogens with zero attached hydrogens (tertiary/aromatic N) is 2. The van der Waals surface area contributed by atoms with Gasteiger partial charge in [-0.1, -0.05) is 91.7 Å². The van der Waals surface area contributed by atoms with Crippen LogP contribution in [0.15, 0.2) is 108 Å². The van der Waals surface area contributed by atoms with Crippen LogP contribution in [-0.2, 0) is 32.6 Å². The summed E-state index contributed by atoms with van der Waals surface area (Å²) in [4.78, 5) is 29.9. The van der Waals surface area contributed by atoms with Gasteiger partial charge in [0.1, 0.15) is 12.6 Å². The van der Waals surface area contributed by atoms with Crippen LogP contribution in [0.2, 0.25) is 5.02 Å². The fraction of sp³-hybridized carbons (Fsp3) is 0.278. The Labute approximate surface area is 271 Å². The van der Waals surface area contributed by atoms with Gasteiger partial charge in [-0.2, -0.15) is 0 Å². The summed E-state index contributed by atoms with van der Waals surface area (Å²) in [6.45, 7) is 5.87. The van der Waals surface area contributed by atoms with Crippen molar-refractivity contribution in [1.29, 1.82) is 0 Å². The molecule has 9 heteroatoms. The number of hydrogen-bond donors (Lipinski definition) is 1. The number of aryl methyl sites for hydroxylation is 2. The van der Waals surface area contributed by atoms with Gasteiger partial charge in [-0.15, -0.1) is 0 Å². The Kier molecular flexibility index (Phi) is 11.8. The number of carbonyl (C=O) groups is 2. The van der Waals surface area contributed by atoms with Crippen molar-refractivity contribution in [2.45, 2.75) is 57.5 Å². The van der Waals surface area contributed by atoms with Crippen LogP contribution in [-0.4, -0.2) is 44.3 Å². The highest BCUT2D eigenvalue weighted by atomic mass is 35.5. The van der Waals surface area contributed by atoms with E-state index in [1.165, 1.54) is 17.0 Å². The lowest BCUT2D eigenvalue weighted by Crippen LogP contribution is -2.53. The average molecular weight is 646 g/mol. The highest BCUT2D eigenvalue weighted by Crippen LogP contribution is 2.27. The summed E-state index contributed by atoms with van der Waals surface area (Å²) >= 11 is 6.15. The third-order valence-electron chi connectivity index (χ3n) is 7.47. The molecule has 1 N–H and O–H groups in total. The first-order chi connectivity index (χ1) is 21.6. The molecule has 236 valence electrons. The molecule has 0 unspecified atom stereocenters. The Bertz CT molecular complexity index is 1660. The number of rotatable bonds is 14. The van der Waals surface area contributed by atoms with Crippen LogP contribution >= 0.6 is 11.6 Å². The summed E-state index contributed by atoms with van der Waals surface area (Å²) in [6.07, 6.45) is 1.96. The van der Waals surface area contributed by atoms with Gasteiger partial charge in [0.15, 0.2) is 0 Å². The molecule has 0 aliphatic carbocycles. The summed E-state index contributed by atoms with van der Waals surface area (Å²) in [5.41, 5.74) is 3.74. The SMILES string of the molecule is CCCCNC(=O)[C@@H](Cc1ccccc1)N(Cc1ccc(Cl)cc1)C(=O)CN(c1cc(C)cc(C)c1)S(=O)(=O)c1ccccc1. The van der Waals surface area contributed by atoms with E-state index in [9.17, 15) is 18.0 Å². The van der Waals surface area contributed by atoms with Gasteiger partial charge in [-0.05, 0) is 78.9 Å². The smallest absolute Gasteiger partial charge is 0.264 e. The van der Waals surface area contributed by atoms with E-state index in [1.807, 2.05) is 57.2 Å². The molecule has 0 bridgehead atoms. The van der Waals surface area contributed by atoms with Gasteiger partial charge in [0.25, 0.3) is 10.0 Å². The lowest BCUT2D eigenvalue weighted by atomic mass is 10.0. The molecule has 1 atom stereocenters. The molecule has 0 spiro atoms. The van der Waals surface area contributed by atoms with Crippen LogP contribution in [0, 0.1) is 13.8 Å². The molecule has 45 heavy (non-hydrogen) atoms. The van der Waals surface area contributed by atoms with Crippen LogP contribution in [0.4, 0.5) is 5.69 Å². The van der Waals surface area contributed by atoms with Gasteiger partial charge in [0, 0.05) is 24.5 Å². The van der Waals surface area contributed by atoms with Crippen molar-refractivity contribution >= 4 is 39.1 Å². The monoisotopic (exact) mass is 645 g/mol. The Morgan fingerprint density at radius 2 is 1.42 bits per heavy atom. The molecule has 4 aromatic carbocycles. The number of anilines is 1. The lowest BCUT2D eigenvalue weighted by Gasteiger charge is -2.34. The zero-order chi connectivity index (χ0) is 32.4. The number of benzene rings is 4. The van der Waals surface area contributed by atoms with Crippen molar-refractivity contribution < 1.29 is 18.0 Å². The Balaban J connectivity index is 1.80. The topological polar surface area (TPSA) is 86.8 Å². The minimum absolute atomic E-state index is 0.0688. The van der Waals surface area contributed by atoms with Crippen molar-refractivity contribution in [3.8, 4) is 0 Å². The van der Waals surface area contributed by atoms with Gasteiger partial charge in [0.2, 0.25) is 11.8 Å². The maximum absolute atomic E-state index is 14.5. The molecule has 0 heterocycles. The summed E-state index contributed by atoms with van der Waals surface area (Å²) in [5, 5.41) is 3.55. The lowest BCUT2D eigenvalue weighted by molar-refractivity contribution is -0.140. The second-order valence-corrected chi connectivity index (χ2v) is 13.5. The molecule has 0 aliphatic rings. The molecular weight excluding hydrogens is 606 g/mol. The van der Waals surface area contributed by atoms with Crippen molar-refractivity contribution in [1.82, 2.24) is 10.2 Å². The van der Waals surface area contributed by atoms with E-state index in [0.717, 1.165) is 39.4 Å². The van der Waals surface area contributed by atoms with Crippen molar-refractivity contribution in [2.24, 2.45) is 0 Å². The molecule has 0 saturated heterocycles. The minimum atomic E-state index is -4.15. The fourth-order valence-electron chi connectivity index (χ4n) is 5.19. The molecule has 0 aliphatic heterocycles. The Morgan fingerprint density at radius 1 is 0.822 bits per heavy atom. The number of unbranched alkanes of at least 4 members (excludes halogenated alkanes) is 1. The van der Waals surface area contributed by atoms with Crippen molar-refractivity contribution in [3.63, 3.8) is 0 Å². The van der Waals surface area contributed by atoms with Crippen LogP contribution in [0.3, 0.4) is 0 Å². The van der Waals surface area contributed by atoms with E-state index in [4.69, 9.17) is 11.6 Å². The fourth-order valence-corrected chi connectivity index (χ4v) is 6.73. The zero-order valence-electron chi connectivity index (χ0n) is 25.9. The molecule has 0 saturated carbocycles. The van der Waals surface area contributed by atoms with Crippen LogP contribution in [0.25, 0.3) is 0 Å². The highest BCUT2D eigenvalue weighted by molar-refractivity contribution is 7.92. The largest absolute Gasteiger partial charge is 0.354 e. The summed E-state index contributed by atoms with van der Waals surface area (Å²) in [6, 6.07) is 29.2. The van der Waals surface area contributed by atoms with E-state index in [1.54, 1.807) is 54.6 Å². The predicted molar refractivity (Wildman–Crippen MR) is 181 cm³/mol. The molecule has 4 rings (SSSR count). The maximum Gasteiger partial charge on any atom is 0.264 e. The van der Waals surface area contributed by atoms with Crippen LogP contribution in [0.5, 0.6) is 0 Å². The third-order valence-corrected chi connectivity index (χ3v) is 9.51. The van der Waals surface area contributed by atoms with Gasteiger partial charge in [-0.3, -0.25) is 13.9 Å². The molecular formula is C36H40ClN3O4S. The number of nitrogens with one attached hydrogen (secondary N) is 1. The number of carbonyl (C=O) groups excluding carboxylic acids is 2. The first-order valence-electron chi connectivity index (χ1n) is 15.1. The first-order valence-corrected chi connectivity index (χ1v) is 16.9. The number of halogens is 1. The molecule has 2 amide bonds. The van der Waals surface area contributed by atoms with E-state index in [2.05, 4.69) is 5.32 Å². The van der Waals surface area contributed by atoms with Gasteiger partial charge in [-0.25, -0.2) is 8.42 Å². The molecule has 0 fully saturated rings. The van der Waals surface area contributed by atoms with Crippen LogP contribution < -0.4 is 9.62 Å². The zero-order valence-corrected chi connectivity index (χ0v) is 27.5. The molecule has 7 nitrogen and oxygen atoms in total. The average Bonchev–Trinajstić information content (AvgIpc) is 3.02. The van der Waals surface area contributed by atoms with E-state index in [-0.39, 0.29) is 23.8 Å². The van der Waals surface area contributed by atoms with E-state index >= 15 is 0 Å². The third kappa shape index (κ3) is 9.19. The maximum atomic E-state index is 14.5. The minimum Gasteiger partial charge on any atom is -0.354 e. The van der Waals surface area contributed by atoms with E-state index < -0.39 is 28.5 Å².